The second-order valence-electron chi connectivity index (χ2n) is 5.88. The number of rotatable bonds is 4. The van der Waals surface area contributed by atoms with Gasteiger partial charge in [-0.3, -0.25) is 9.69 Å². The lowest BCUT2D eigenvalue weighted by molar-refractivity contribution is -0.137. The number of hydrogen-bond donors (Lipinski definition) is 2. The average Bonchev–Trinajstić information content (AvgIpc) is 2.38. The predicted molar refractivity (Wildman–Crippen MR) is 71.7 cm³/mol. The fourth-order valence-electron chi connectivity index (χ4n) is 3.37. The van der Waals surface area contributed by atoms with E-state index in [9.17, 15) is 4.79 Å². The van der Waals surface area contributed by atoms with E-state index >= 15 is 0 Å². The van der Waals surface area contributed by atoms with Crippen LogP contribution in [0.2, 0.25) is 0 Å². The van der Waals surface area contributed by atoms with Gasteiger partial charge in [0.1, 0.15) is 0 Å². The Morgan fingerprint density at radius 3 is 2.72 bits per heavy atom. The van der Waals surface area contributed by atoms with Crippen LogP contribution in [0.25, 0.3) is 0 Å². The van der Waals surface area contributed by atoms with Gasteiger partial charge in [-0.1, -0.05) is 19.3 Å². The molecular weight excluding hydrogens is 228 g/mol. The second-order valence-corrected chi connectivity index (χ2v) is 5.88. The molecule has 1 saturated heterocycles. The predicted octanol–water partition coefficient (Wildman–Crippen LogP) is 1.85. The highest BCUT2D eigenvalue weighted by Crippen LogP contribution is 2.26. The summed E-state index contributed by atoms with van der Waals surface area (Å²) < 4.78 is 0. The topological polar surface area (TPSA) is 52.6 Å². The molecule has 104 valence electrons. The van der Waals surface area contributed by atoms with Crippen LogP contribution < -0.4 is 5.32 Å². The Hall–Kier alpha value is -0.610. The maximum atomic E-state index is 10.6. The quantitative estimate of drug-likeness (QED) is 0.804. The van der Waals surface area contributed by atoms with E-state index in [1.165, 1.54) is 32.1 Å². The van der Waals surface area contributed by atoms with Gasteiger partial charge in [-0.2, -0.15) is 0 Å². The van der Waals surface area contributed by atoms with Gasteiger partial charge in [0.05, 0.1) is 0 Å². The zero-order valence-electron chi connectivity index (χ0n) is 11.4. The number of aliphatic carboxylic acids is 1. The zero-order chi connectivity index (χ0) is 13.0. The molecule has 1 heterocycles. The normalized spacial score (nSPS) is 31.4. The van der Waals surface area contributed by atoms with Gasteiger partial charge < -0.3 is 10.4 Å². The fraction of sp³-hybridized carbons (Fsp3) is 0.929. The van der Waals surface area contributed by atoms with Crippen LogP contribution in [0, 0.1) is 0 Å². The van der Waals surface area contributed by atoms with E-state index in [4.69, 9.17) is 5.11 Å². The van der Waals surface area contributed by atoms with E-state index < -0.39 is 5.97 Å². The Labute approximate surface area is 110 Å². The largest absolute Gasteiger partial charge is 0.481 e. The standard InChI is InChI=1S/C14H26N2O2/c1-11-9-15-12(7-8-14(17)18)10-16(11)13-5-3-2-4-6-13/h11-13,15H,2-10H2,1H3,(H,17,18). The van der Waals surface area contributed by atoms with Gasteiger partial charge in [0.15, 0.2) is 0 Å². The summed E-state index contributed by atoms with van der Waals surface area (Å²) in [5.41, 5.74) is 0. The Kier molecular flexibility index (Phi) is 5.01. The zero-order valence-corrected chi connectivity index (χ0v) is 11.4. The number of carboxylic acid groups (broad SMARTS) is 1. The average molecular weight is 254 g/mol. The molecular formula is C14H26N2O2. The van der Waals surface area contributed by atoms with Crippen molar-refractivity contribution < 1.29 is 9.90 Å². The summed E-state index contributed by atoms with van der Waals surface area (Å²) in [5.74, 6) is -0.681. The van der Waals surface area contributed by atoms with Gasteiger partial charge >= 0.3 is 5.97 Å². The molecule has 1 aliphatic carbocycles. The lowest BCUT2D eigenvalue weighted by Gasteiger charge is -2.44. The summed E-state index contributed by atoms with van der Waals surface area (Å²) in [5, 5.41) is 12.3. The third-order valence-corrected chi connectivity index (χ3v) is 4.45. The van der Waals surface area contributed by atoms with Crippen LogP contribution >= 0.6 is 0 Å². The van der Waals surface area contributed by atoms with E-state index in [1.54, 1.807) is 0 Å². The van der Waals surface area contributed by atoms with E-state index in [-0.39, 0.29) is 6.42 Å². The monoisotopic (exact) mass is 254 g/mol. The van der Waals surface area contributed by atoms with Crippen LogP contribution in [0.4, 0.5) is 0 Å². The molecule has 1 saturated carbocycles. The SMILES string of the molecule is CC1CNC(CCC(=O)O)CN1C1CCCCC1. The maximum Gasteiger partial charge on any atom is 0.303 e. The van der Waals surface area contributed by atoms with Crippen molar-refractivity contribution in [2.45, 2.75) is 70.0 Å². The van der Waals surface area contributed by atoms with Crippen molar-refractivity contribution >= 4 is 5.97 Å². The molecule has 0 bridgehead atoms. The lowest BCUT2D eigenvalue weighted by Crippen LogP contribution is -2.58. The van der Waals surface area contributed by atoms with Gasteiger partial charge in [0.25, 0.3) is 0 Å². The summed E-state index contributed by atoms with van der Waals surface area (Å²) in [6.07, 6.45) is 7.81. The molecule has 18 heavy (non-hydrogen) atoms. The molecule has 0 radical (unpaired) electrons. The highest BCUT2D eigenvalue weighted by atomic mass is 16.4. The van der Waals surface area contributed by atoms with Crippen LogP contribution in [0.5, 0.6) is 0 Å². The summed E-state index contributed by atoms with van der Waals surface area (Å²) in [7, 11) is 0. The Balaban J connectivity index is 1.85. The first-order valence-electron chi connectivity index (χ1n) is 7.37. The van der Waals surface area contributed by atoms with Crippen molar-refractivity contribution in [2.75, 3.05) is 13.1 Å². The Morgan fingerprint density at radius 1 is 1.33 bits per heavy atom. The van der Waals surface area contributed by atoms with E-state index in [2.05, 4.69) is 17.1 Å². The molecule has 2 atom stereocenters. The number of carboxylic acids is 1. The van der Waals surface area contributed by atoms with Gasteiger partial charge in [-0.25, -0.2) is 0 Å². The summed E-state index contributed by atoms with van der Waals surface area (Å²) in [6.45, 7) is 4.31. The maximum absolute atomic E-state index is 10.6. The van der Waals surface area contributed by atoms with Crippen molar-refractivity contribution in [3.63, 3.8) is 0 Å². The van der Waals surface area contributed by atoms with Crippen molar-refractivity contribution in [3.8, 4) is 0 Å². The number of hydrogen-bond acceptors (Lipinski definition) is 3. The first-order chi connectivity index (χ1) is 8.66. The molecule has 2 N–H and O–H groups in total. The molecule has 0 aromatic heterocycles. The summed E-state index contributed by atoms with van der Waals surface area (Å²) >= 11 is 0. The molecule has 0 aromatic carbocycles. The van der Waals surface area contributed by atoms with E-state index in [0.29, 0.717) is 12.1 Å². The number of nitrogens with zero attached hydrogens (tertiary/aromatic N) is 1. The lowest BCUT2D eigenvalue weighted by atomic mass is 9.91. The molecule has 2 rings (SSSR count). The van der Waals surface area contributed by atoms with Crippen LogP contribution in [0.15, 0.2) is 0 Å². The fourth-order valence-corrected chi connectivity index (χ4v) is 3.37. The van der Waals surface area contributed by atoms with Crippen LogP contribution in [0.1, 0.15) is 51.9 Å². The molecule has 2 fully saturated rings. The summed E-state index contributed by atoms with van der Waals surface area (Å²) in [6, 6.07) is 1.69. The van der Waals surface area contributed by atoms with Gasteiger partial charge in [-0.15, -0.1) is 0 Å². The van der Waals surface area contributed by atoms with Gasteiger partial charge in [-0.05, 0) is 26.2 Å². The van der Waals surface area contributed by atoms with Crippen molar-refractivity contribution in [2.24, 2.45) is 0 Å². The van der Waals surface area contributed by atoms with Crippen molar-refractivity contribution in [3.05, 3.63) is 0 Å². The third kappa shape index (κ3) is 3.69. The smallest absolute Gasteiger partial charge is 0.303 e. The molecule has 0 aromatic rings. The second kappa shape index (κ2) is 6.53. The molecule has 0 spiro atoms. The minimum Gasteiger partial charge on any atom is -0.481 e. The molecule has 2 aliphatic rings. The molecule has 4 heteroatoms. The minimum atomic E-state index is -0.681. The highest BCUT2D eigenvalue weighted by Gasteiger charge is 2.30. The van der Waals surface area contributed by atoms with Crippen molar-refractivity contribution in [1.29, 1.82) is 0 Å². The Morgan fingerprint density at radius 2 is 2.06 bits per heavy atom. The van der Waals surface area contributed by atoms with Gasteiger partial charge in [0.2, 0.25) is 0 Å². The van der Waals surface area contributed by atoms with Crippen LogP contribution in [-0.4, -0.2) is 47.2 Å². The number of piperazine rings is 1. The van der Waals surface area contributed by atoms with E-state index in [1.807, 2.05) is 0 Å². The van der Waals surface area contributed by atoms with Gasteiger partial charge in [0, 0.05) is 37.6 Å². The van der Waals surface area contributed by atoms with Crippen molar-refractivity contribution in [1.82, 2.24) is 10.2 Å². The Bertz CT molecular complexity index is 277. The highest BCUT2D eigenvalue weighted by molar-refractivity contribution is 5.66. The van der Waals surface area contributed by atoms with E-state index in [0.717, 1.165) is 25.6 Å². The first kappa shape index (κ1) is 13.8. The third-order valence-electron chi connectivity index (χ3n) is 4.45. The number of nitrogens with one attached hydrogen (secondary N) is 1. The summed E-state index contributed by atoms with van der Waals surface area (Å²) in [4.78, 5) is 13.3. The number of carbonyl (C=O) groups is 1. The van der Waals surface area contributed by atoms with Crippen LogP contribution in [-0.2, 0) is 4.79 Å². The molecule has 2 unspecified atom stereocenters. The first-order valence-corrected chi connectivity index (χ1v) is 7.37. The molecule has 1 aliphatic heterocycles. The van der Waals surface area contributed by atoms with Crippen LogP contribution in [0.3, 0.4) is 0 Å². The minimum absolute atomic E-state index is 0.282. The molecule has 4 nitrogen and oxygen atoms in total. The molecule has 0 amide bonds.